The van der Waals surface area contributed by atoms with E-state index in [1.165, 1.54) is 6.07 Å². The van der Waals surface area contributed by atoms with E-state index in [-0.39, 0.29) is 19.0 Å². The Labute approximate surface area is 177 Å². The topological polar surface area (TPSA) is 97.5 Å². The Balaban J connectivity index is 1.56. The minimum Gasteiger partial charge on any atom is -0.493 e. The van der Waals surface area contributed by atoms with Crippen molar-refractivity contribution in [3.63, 3.8) is 0 Å². The Morgan fingerprint density at radius 1 is 1.16 bits per heavy atom. The summed E-state index contributed by atoms with van der Waals surface area (Å²) < 4.78 is 21.8. The minimum atomic E-state index is -0.279. The lowest BCUT2D eigenvalue weighted by atomic mass is 10.0. The first-order valence-electron chi connectivity index (χ1n) is 10.00. The average Bonchev–Trinajstić information content (AvgIpc) is 3.40. The van der Waals surface area contributed by atoms with E-state index < -0.39 is 0 Å². The molecule has 0 fully saturated rings. The van der Waals surface area contributed by atoms with E-state index >= 15 is 0 Å². The van der Waals surface area contributed by atoms with Gasteiger partial charge in [-0.3, -0.25) is 4.40 Å². The molecule has 4 heterocycles. The van der Waals surface area contributed by atoms with Crippen LogP contribution in [0.25, 0.3) is 16.6 Å². The van der Waals surface area contributed by atoms with Gasteiger partial charge >= 0.3 is 0 Å². The molecule has 3 aromatic heterocycles. The van der Waals surface area contributed by atoms with Crippen LogP contribution in [0.2, 0.25) is 0 Å². The van der Waals surface area contributed by atoms with Crippen molar-refractivity contribution < 1.29 is 14.2 Å². The van der Waals surface area contributed by atoms with Crippen molar-refractivity contribution in [1.29, 1.82) is 0 Å². The molecule has 0 saturated heterocycles. The molecule has 0 aliphatic carbocycles. The van der Waals surface area contributed by atoms with Gasteiger partial charge in [-0.25, -0.2) is 24.3 Å². The van der Waals surface area contributed by atoms with Gasteiger partial charge in [-0.2, -0.15) is 0 Å². The van der Waals surface area contributed by atoms with Crippen LogP contribution in [0.4, 0.5) is 10.3 Å². The van der Waals surface area contributed by atoms with Gasteiger partial charge in [0.2, 0.25) is 5.95 Å². The molecule has 158 valence electrons. The number of nitrogens with zero attached hydrogens (tertiary/aromatic N) is 5. The van der Waals surface area contributed by atoms with Crippen molar-refractivity contribution in [3.8, 4) is 16.9 Å². The van der Waals surface area contributed by atoms with Crippen LogP contribution >= 0.6 is 0 Å². The predicted octanol–water partition coefficient (Wildman–Crippen LogP) is 2.98. The molecule has 9 heteroatoms. The van der Waals surface area contributed by atoms with Gasteiger partial charge in [-0.15, -0.1) is 0 Å². The van der Waals surface area contributed by atoms with Gasteiger partial charge < -0.3 is 15.2 Å². The van der Waals surface area contributed by atoms with Crippen LogP contribution in [0.15, 0.2) is 30.9 Å². The second-order valence-corrected chi connectivity index (χ2v) is 7.43. The number of anilines is 1. The molecule has 2 N–H and O–H groups in total. The van der Waals surface area contributed by atoms with E-state index in [0.717, 1.165) is 28.1 Å². The Morgan fingerprint density at radius 3 is 2.81 bits per heavy atom. The summed E-state index contributed by atoms with van der Waals surface area (Å²) in [6, 6.07) is 3.09. The Bertz CT molecular complexity index is 1300. The number of aromatic nitrogens is 5. The molecule has 0 saturated carbocycles. The standard InChI is InChI=1S/C22H21FN6O2/c1-12-15(7-24-13(2)28-12)17-9-26-22(29-11-27-19(10-30)21(17)29)25-8-16-14-5-6-31-20(14)4-3-18(16)23/h3-4,7,9,11,30H,5-6,8,10H2,1-2H3,(H,25,26). The Kier molecular flexibility index (Phi) is 4.74. The van der Waals surface area contributed by atoms with E-state index in [0.29, 0.717) is 41.6 Å². The number of nitrogens with one attached hydrogen (secondary N) is 1. The molecule has 0 amide bonds. The number of fused-ring (bicyclic) bond motifs is 2. The summed E-state index contributed by atoms with van der Waals surface area (Å²) >= 11 is 0. The molecule has 31 heavy (non-hydrogen) atoms. The van der Waals surface area contributed by atoms with Crippen molar-refractivity contribution in [3.05, 3.63) is 65.0 Å². The zero-order valence-electron chi connectivity index (χ0n) is 17.2. The van der Waals surface area contributed by atoms with E-state index in [2.05, 4.69) is 25.3 Å². The molecular formula is C22H21FN6O2. The fourth-order valence-electron chi connectivity index (χ4n) is 4.05. The van der Waals surface area contributed by atoms with Gasteiger partial charge in [0, 0.05) is 53.3 Å². The molecule has 1 aromatic carbocycles. The fraction of sp³-hybridized carbons (Fsp3) is 0.273. The highest BCUT2D eigenvalue weighted by Crippen LogP contribution is 2.32. The molecule has 0 unspecified atom stereocenters. The van der Waals surface area contributed by atoms with Crippen molar-refractivity contribution in [2.45, 2.75) is 33.4 Å². The first kappa shape index (κ1) is 19.4. The summed E-state index contributed by atoms with van der Waals surface area (Å²) in [5, 5.41) is 13.1. The van der Waals surface area contributed by atoms with Crippen LogP contribution in [-0.2, 0) is 19.6 Å². The lowest BCUT2D eigenvalue weighted by molar-refractivity contribution is 0.279. The molecule has 1 aliphatic heterocycles. The van der Waals surface area contributed by atoms with Gasteiger partial charge in [0.15, 0.2) is 0 Å². The lowest BCUT2D eigenvalue weighted by Gasteiger charge is -2.14. The number of aliphatic hydroxyl groups excluding tert-OH is 1. The lowest BCUT2D eigenvalue weighted by Crippen LogP contribution is -2.10. The number of rotatable bonds is 5. The van der Waals surface area contributed by atoms with Gasteiger partial charge in [0.25, 0.3) is 0 Å². The Morgan fingerprint density at radius 2 is 2.00 bits per heavy atom. The third kappa shape index (κ3) is 3.27. The summed E-state index contributed by atoms with van der Waals surface area (Å²) in [5.74, 6) is 1.62. The van der Waals surface area contributed by atoms with Crippen molar-refractivity contribution in [2.24, 2.45) is 0 Å². The third-order valence-corrected chi connectivity index (χ3v) is 5.55. The van der Waals surface area contributed by atoms with E-state index in [1.54, 1.807) is 29.2 Å². The first-order valence-corrected chi connectivity index (χ1v) is 10.00. The smallest absolute Gasteiger partial charge is 0.208 e. The number of aryl methyl sites for hydroxylation is 2. The molecule has 1 aliphatic rings. The second kappa shape index (κ2) is 7.59. The molecule has 5 rings (SSSR count). The predicted molar refractivity (Wildman–Crippen MR) is 112 cm³/mol. The Hall–Kier alpha value is -3.59. The molecule has 0 radical (unpaired) electrons. The maximum atomic E-state index is 14.5. The number of ether oxygens (including phenoxy) is 1. The summed E-state index contributed by atoms with van der Waals surface area (Å²) in [4.78, 5) is 17.6. The largest absolute Gasteiger partial charge is 0.493 e. The van der Waals surface area contributed by atoms with Crippen LogP contribution in [0, 0.1) is 19.7 Å². The first-order chi connectivity index (χ1) is 15.1. The number of aliphatic hydroxyl groups is 1. The van der Waals surface area contributed by atoms with E-state index in [9.17, 15) is 9.50 Å². The van der Waals surface area contributed by atoms with Gasteiger partial charge in [0.1, 0.15) is 23.7 Å². The van der Waals surface area contributed by atoms with Crippen LogP contribution in [0.3, 0.4) is 0 Å². The highest BCUT2D eigenvalue weighted by atomic mass is 19.1. The van der Waals surface area contributed by atoms with Crippen molar-refractivity contribution in [2.75, 3.05) is 11.9 Å². The zero-order chi connectivity index (χ0) is 21.5. The number of hydrogen-bond donors (Lipinski definition) is 2. The highest BCUT2D eigenvalue weighted by Gasteiger charge is 2.21. The van der Waals surface area contributed by atoms with Crippen LogP contribution in [0.1, 0.15) is 28.3 Å². The number of halogens is 1. The third-order valence-electron chi connectivity index (χ3n) is 5.55. The molecule has 0 atom stereocenters. The second-order valence-electron chi connectivity index (χ2n) is 7.43. The maximum Gasteiger partial charge on any atom is 0.208 e. The minimum absolute atomic E-state index is 0.225. The van der Waals surface area contributed by atoms with Gasteiger partial charge in [-0.1, -0.05) is 0 Å². The van der Waals surface area contributed by atoms with E-state index in [1.807, 2.05) is 13.8 Å². The zero-order valence-corrected chi connectivity index (χ0v) is 17.2. The molecular weight excluding hydrogens is 399 g/mol. The monoisotopic (exact) mass is 420 g/mol. The molecule has 0 bridgehead atoms. The summed E-state index contributed by atoms with van der Waals surface area (Å²) in [7, 11) is 0. The van der Waals surface area contributed by atoms with Crippen molar-refractivity contribution >= 4 is 11.5 Å². The summed E-state index contributed by atoms with van der Waals surface area (Å²) in [5.41, 5.74) is 5.06. The SMILES string of the molecule is Cc1ncc(-c2cnc(NCc3c(F)ccc4c3CCO4)n3cnc(CO)c23)c(C)n1. The summed E-state index contributed by atoms with van der Waals surface area (Å²) in [6.45, 7) is 4.32. The van der Waals surface area contributed by atoms with Gasteiger partial charge in [-0.05, 0) is 26.0 Å². The average molecular weight is 420 g/mol. The maximum absolute atomic E-state index is 14.5. The number of benzene rings is 1. The van der Waals surface area contributed by atoms with Crippen LogP contribution in [-0.4, -0.2) is 36.1 Å². The van der Waals surface area contributed by atoms with Crippen LogP contribution in [0.5, 0.6) is 5.75 Å². The van der Waals surface area contributed by atoms with Gasteiger partial charge in [0.05, 0.1) is 24.4 Å². The van der Waals surface area contributed by atoms with Crippen molar-refractivity contribution in [1.82, 2.24) is 24.3 Å². The molecule has 0 spiro atoms. The normalized spacial score (nSPS) is 12.8. The van der Waals surface area contributed by atoms with Crippen LogP contribution < -0.4 is 10.1 Å². The molecule has 4 aromatic rings. The van der Waals surface area contributed by atoms with E-state index in [4.69, 9.17) is 4.74 Å². The fourth-order valence-corrected chi connectivity index (χ4v) is 4.05. The molecule has 8 nitrogen and oxygen atoms in total. The summed E-state index contributed by atoms with van der Waals surface area (Å²) in [6.07, 6.45) is 5.73. The highest BCUT2D eigenvalue weighted by molar-refractivity contribution is 5.83. The quantitative estimate of drug-likeness (QED) is 0.512. The number of imidazole rings is 1. The number of hydrogen-bond acceptors (Lipinski definition) is 7.